The van der Waals surface area contributed by atoms with Crippen LogP contribution in [0.15, 0.2) is 24.3 Å². The van der Waals surface area contributed by atoms with Crippen molar-refractivity contribution in [3.63, 3.8) is 0 Å². The molecule has 0 aromatic heterocycles. The Morgan fingerprint density at radius 3 is 1.39 bits per heavy atom. The molecule has 6 aliphatic rings. The second-order valence-corrected chi connectivity index (χ2v) is 14.3. The van der Waals surface area contributed by atoms with Crippen molar-refractivity contribution >= 4 is 17.4 Å². The summed E-state index contributed by atoms with van der Waals surface area (Å²) >= 11 is 2.06. The van der Waals surface area contributed by atoms with Crippen LogP contribution in [0, 0.1) is 0 Å². The number of benzene rings is 1. The van der Waals surface area contributed by atoms with E-state index in [2.05, 4.69) is 113 Å². The molecule has 0 spiro atoms. The summed E-state index contributed by atoms with van der Waals surface area (Å²) < 4.78 is 5.10. The van der Waals surface area contributed by atoms with Crippen LogP contribution < -0.4 is 10.2 Å². The van der Waals surface area contributed by atoms with Gasteiger partial charge in [0.15, 0.2) is 0 Å². The van der Waals surface area contributed by atoms with Gasteiger partial charge < -0.3 is 39.5 Å². The number of nitrogens with one attached hydrogen (secondary N) is 1. The van der Waals surface area contributed by atoms with Gasteiger partial charge in [-0.15, -0.1) is 0 Å². The Kier molecular flexibility index (Phi) is 22.5. The predicted molar refractivity (Wildman–Crippen MR) is 195 cm³/mol. The molecule has 5 fully saturated rings. The Hall–Kier alpha value is -0.910. The summed E-state index contributed by atoms with van der Waals surface area (Å²) in [4.78, 5) is 14.0. The number of rotatable bonds is 0. The number of piperidine rings is 1. The Morgan fingerprint density at radius 2 is 1.02 bits per heavy atom. The maximum Gasteiger partial charge on any atom is 0.0594 e. The van der Waals surface area contributed by atoms with E-state index in [0.717, 1.165) is 39.4 Å². The first-order valence-electron chi connectivity index (χ1n) is 17.4. The van der Waals surface area contributed by atoms with Crippen LogP contribution in [-0.2, 0) is 11.2 Å². The minimum atomic E-state index is 0.913. The normalized spacial score (nSPS) is 23.1. The van der Waals surface area contributed by atoms with E-state index in [-0.39, 0.29) is 0 Å². The van der Waals surface area contributed by atoms with Gasteiger partial charge in [0.05, 0.1) is 13.2 Å². The zero-order valence-corrected chi connectivity index (χ0v) is 30.4. The molecule has 6 aliphatic heterocycles. The summed E-state index contributed by atoms with van der Waals surface area (Å²) in [5.41, 5.74) is 2.90. The highest BCUT2D eigenvalue weighted by Gasteiger charge is 2.13. The summed E-state index contributed by atoms with van der Waals surface area (Å²) in [5, 5.41) is 3.27. The number of ether oxygens (including phenoxy) is 1. The number of para-hydroxylation sites is 1. The number of thioether (sulfide) groups is 1. The average Bonchev–Trinajstić information content (AvgIpc) is 3.69. The predicted octanol–water partition coefficient (Wildman–Crippen LogP) is 3.63. The zero-order chi connectivity index (χ0) is 31.8. The largest absolute Gasteiger partial charge is 0.379 e. The lowest BCUT2D eigenvalue weighted by molar-refractivity contribution is 0.0503. The lowest BCUT2D eigenvalue weighted by Crippen LogP contribution is -2.40. The van der Waals surface area contributed by atoms with Crippen molar-refractivity contribution in [2.75, 3.05) is 157 Å². The fourth-order valence-corrected chi connectivity index (χ4v) is 6.60. The molecule has 44 heavy (non-hydrogen) atoms. The standard InChI is InChI=1S/C9H11N.C6H13N.C5H12N2.C5H11NO.C5H11NS.C5H11N/c1-10-7-6-8-4-2-3-5-9(8)10;1-7-5-3-2-4-6-7;1-7-4-2-6-3-5-7;2*1-6-2-4-7-5-3-6;1-6-4-2-3-5-6/h2-5H,6-7H2,1H3;2-6H2,1H3;6H,2-5H2,1H3;2*2-5H2,1H3;2-5H2,1H3. The van der Waals surface area contributed by atoms with Gasteiger partial charge in [0.25, 0.3) is 0 Å². The quantitative estimate of drug-likeness (QED) is 0.461. The maximum atomic E-state index is 5.10. The smallest absolute Gasteiger partial charge is 0.0594 e. The van der Waals surface area contributed by atoms with Crippen LogP contribution in [0.3, 0.4) is 0 Å². The summed E-state index contributed by atoms with van der Waals surface area (Å²) in [6, 6.07) is 8.60. The first-order valence-corrected chi connectivity index (χ1v) is 18.6. The van der Waals surface area contributed by atoms with Crippen molar-refractivity contribution in [2.45, 2.75) is 38.5 Å². The third-order valence-electron chi connectivity index (χ3n) is 8.84. The zero-order valence-electron chi connectivity index (χ0n) is 29.6. The van der Waals surface area contributed by atoms with Crippen LogP contribution in [0.2, 0.25) is 0 Å². The summed E-state index contributed by atoms with van der Waals surface area (Å²) in [6.45, 7) is 17.8. The van der Waals surface area contributed by atoms with Gasteiger partial charge in [-0.25, -0.2) is 0 Å². The number of likely N-dealkylation sites (tertiary alicyclic amines) is 2. The lowest BCUT2D eigenvalue weighted by atomic mass is 10.1. The van der Waals surface area contributed by atoms with Crippen molar-refractivity contribution in [1.82, 2.24) is 29.8 Å². The SMILES string of the molecule is CN1CCCC1.CN1CCCCC1.CN1CCNCC1.CN1CCOCC1.CN1CCSCC1.CN1CCc2ccccc21. The Morgan fingerprint density at radius 1 is 0.545 bits per heavy atom. The number of morpholine rings is 1. The number of piperazine rings is 1. The molecule has 8 nitrogen and oxygen atoms in total. The van der Waals surface area contributed by atoms with E-state index in [1.807, 2.05) is 0 Å². The average molecular weight is 636 g/mol. The van der Waals surface area contributed by atoms with Crippen LogP contribution in [0.1, 0.15) is 37.7 Å². The van der Waals surface area contributed by atoms with E-state index in [1.165, 1.54) is 120 Å². The van der Waals surface area contributed by atoms with E-state index < -0.39 is 0 Å². The summed E-state index contributed by atoms with van der Waals surface area (Å²) in [6.07, 6.45) is 8.32. The van der Waals surface area contributed by atoms with Crippen molar-refractivity contribution < 1.29 is 4.74 Å². The molecule has 5 saturated heterocycles. The van der Waals surface area contributed by atoms with Crippen molar-refractivity contribution in [1.29, 1.82) is 0 Å². The lowest BCUT2D eigenvalue weighted by Gasteiger charge is -2.21. The molecule has 7 rings (SSSR count). The second kappa shape index (κ2) is 25.2. The molecule has 256 valence electrons. The minimum absolute atomic E-state index is 0.913. The highest BCUT2D eigenvalue weighted by Crippen LogP contribution is 2.25. The van der Waals surface area contributed by atoms with Gasteiger partial charge >= 0.3 is 0 Å². The number of hydrogen-bond acceptors (Lipinski definition) is 9. The van der Waals surface area contributed by atoms with Gasteiger partial charge in [0.1, 0.15) is 0 Å². The van der Waals surface area contributed by atoms with E-state index in [1.54, 1.807) is 0 Å². The van der Waals surface area contributed by atoms with E-state index >= 15 is 0 Å². The molecule has 1 aromatic carbocycles. The molecule has 1 aromatic rings. The molecule has 9 heteroatoms. The molecule has 0 unspecified atom stereocenters. The Balaban J connectivity index is 0.000000186. The first kappa shape index (κ1) is 39.3. The van der Waals surface area contributed by atoms with Gasteiger partial charge in [0.2, 0.25) is 0 Å². The van der Waals surface area contributed by atoms with E-state index in [4.69, 9.17) is 4.74 Å². The van der Waals surface area contributed by atoms with Crippen LogP contribution in [-0.4, -0.2) is 177 Å². The van der Waals surface area contributed by atoms with Crippen LogP contribution in [0.25, 0.3) is 0 Å². The molecule has 0 aliphatic carbocycles. The molecule has 0 atom stereocenters. The monoisotopic (exact) mass is 636 g/mol. The van der Waals surface area contributed by atoms with Gasteiger partial charge in [-0.2, -0.15) is 11.8 Å². The van der Waals surface area contributed by atoms with Gasteiger partial charge in [-0.3, -0.25) is 0 Å². The first-order chi connectivity index (χ1) is 21.3. The van der Waals surface area contributed by atoms with Crippen molar-refractivity contribution in [2.24, 2.45) is 0 Å². The van der Waals surface area contributed by atoms with Gasteiger partial charge in [0, 0.05) is 83.1 Å². The number of anilines is 1. The molecule has 0 saturated carbocycles. The summed E-state index contributed by atoms with van der Waals surface area (Å²) in [5.74, 6) is 2.66. The fraction of sp³-hybridized carbons (Fsp3) is 0.829. The van der Waals surface area contributed by atoms with E-state index in [0.29, 0.717) is 0 Å². The van der Waals surface area contributed by atoms with Crippen LogP contribution >= 0.6 is 11.8 Å². The summed E-state index contributed by atoms with van der Waals surface area (Å²) in [7, 11) is 13.0. The van der Waals surface area contributed by atoms with Crippen LogP contribution in [0.5, 0.6) is 0 Å². The maximum absolute atomic E-state index is 5.10. The van der Waals surface area contributed by atoms with Crippen LogP contribution in [0.4, 0.5) is 5.69 Å². The van der Waals surface area contributed by atoms with E-state index in [9.17, 15) is 0 Å². The van der Waals surface area contributed by atoms with Crippen molar-refractivity contribution in [3.8, 4) is 0 Å². The Bertz CT molecular complexity index is 725. The second-order valence-electron chi connectivity index (χ2n) is 13.1. The Labute approximate surface area is 276 Å². The molecular formula is C35H69N7OS. The fourth-order valence-electron chi connectivity index (χ4n) is 5.52. The number of fused-ring (bicyclic) bond motifs is 1. The molecule has 0 amide bonds. The van der Waals surface area contributed by atoms with Gasteiger partial charge in [-0.1, -0.05) is 24.6 Å². The van der Waals surface area contributed by atoms with Crippen molar-refractivity contribution in [3.05, 3.63) is 29.8 Å². The minimum Gasteiger partial charge on any atom is -0.379 e. The molecular weight excluding hydrogens is 567 g/mol. The molecule has 6 heterocycles. The van der Waals surface area contributed by atoms with Gasteiger partial charge in [-0.05, 0) is 105 Å². The molecule has 0 radical (unpaired) electrons. The third-order valence-corrected chi connectivity index (χ3v) is 9.78. The third kappa shape index (κ3) is 19.6. The number of hydrogen-bond donors (Lipinski definition) is 1. The highest BCUT2D eigenvalue weighted by molar-refractivity contribution is 7.99. The molecule has 0 bridgehead atoms. The topological polar surface area (TPSA) is 40.7 Å². The highest BCUT2D eigenvalue weighted by atomic mass is 32.2. The number of likely N-dealkylation sites (N-methyl/N-ethyl adjacent to an activating group) is 3. The molecule has 1 N–H and O–H groups in total. The number of nitrogens with zero attached hydrogens (tertiary/aromatic N) is 6.